The van der Waals surface area contributed by atoms with Crippen LogP contribution in [0.5, 0.6) is 0 Å². The van der Waals surface area contributed by atoms with E-state index in [0.29, 0.717) is 5.69 Å². The largest absolute Gasteiger partial charge is 0.339 e. The fraction of sp³-hybridized carbons (Fsp3) is 0.182. The number of anilines is 1. The van der Waals surface area contributed by atoms with Crippen molar-refractivity contribution >= 4 is 31.6 Å². The van der Waals surface area contributed by atoms with Gasteiger partial charge in [-0.05, 0) is 30.7 Å². The molecular weight excluding hydrogens is 318 g/mol. The zero-order valence-corrected chi connectivity index (χ0v) is 12.3. The Morgan fingerprint density at radius 1 is 1.39 bits per heavy atom. The van der Waals surface area contributed by atoms with Crippen LogP contribution >= 0.6 is 15.9 Å². The van der Waals surface area contributed by atoms with Gasteiger partial charge in [-0.1, -0.05) is 15.9 Å². The number of benzene rings is 1. The SMILES string of the molecule is Cc1cc(NS(=O)(=O)c2cn(C)cn2)ccc1Br. The molecule has 0 fully saturated rings. The number of sulfonamides is 1. The molecular formula is C11H12BrN3O2S. The van der Waals surface area contributed by atoms with Crippen molar-refractivity contribution in [3.8, 4) is 0 Å². The molecule has 1 N–H and O–H groups in total. The average Bonchev–Trinajstić information content (AvgIpc) is 2.71. The first-order chi connectivity index (χ1) is 8.38. The third-order valence-corrected chi connectivity index (χ3v) is 4.52. The highest BCUT2D eigenvalue weighted by Gasteiger charge is 2.17. The highest BCUT2D eigenvalue weighted by molar-refractivity contribution is 9.10. The maximum absolute atomic E-state index is 12.0. The van der Waals surface area contributed by atoms with Crippen molar-refractivity contribution < 1.29 is 8.42 Å². The molecule has 1 aromatic carbocycles. The molecule has 2 rings (SSSR count). The van der Waals surface area contributed by atoms with Crippen LogP contribution in [-0.4, -0.2) is 18.0 Å². The fourth-order valence-corrected chi connectivity index (χ4v) is 2.72. The molecule has 0 radical (unpaired) electrons. The number of rotatable bonds is 3. The van der Waals surface area contributed by atoms with Crippen LogP contribution in [0.15, 0.2) is 40.2 Å². The molecule has 0 bridgehead atoms. The summed E-state index contributed by atoms with van der Waals surface area (Å²) in [4.78, 5) is 3.83. The van der Waals surface area contributed by atoms with Crippen molar-refractivity contribution in [1.29, 1.82) is 0 Å². The maximum atomic E-state index is 12.0. The second kappa shape index (κ2) is 4.74. The van der Waals surface area contributed by atoms with E-state index < -0.39 is 10.0 Å². The Bertz CT molecular complexity index is 679. The van der Waals surface area contributed by atoms with Gasteiger partial charge in [0.25, 0.3) is 10.0 Å². The Morgan fingerprint density at radius 2 is 2.11 bits per heavy atom. The number of hydrogen-bond acceptors (Lipinski definition) is 3. The van der Waals surface area contributed by atoms with Crippen LogP contribution in [0.2, 0.25) is 0 Å². The van der Waals surface area contributed by atoms with E-state index >= 15 is 0 Å². The average molecular weight is 330 g/mol. The third-order valence-electron chi connectivity index (χ3n) is 2.37. The Labute approximate surface area is 114 Å². The smallest absolute Gasteiger partial charge is 0.280 e. The molecule has 1 heterocycles. The first kappa shape index (κ1) is 13.1. The molecule has 0 aliphatic heterocycles. The standard InChI is InChI=1S/C11H12BrN3O2S/c1-8-5-9(3-4-10(8)12)14-18(16,17)11-6-15(2)7-13-11/h3-7,14H,1-2H3. The van der Waals surface area contributed by atoms with Crippen molar-refractivity contribution in [2.45, 2.75) is 11.9 Å². The number of nitrogens with zero attached hydrogens (tertiary/aromatic N) is 2. The molecule has 1 aromatic heterocycles. The molecule has 5 nitrogen and oxygen atoms in total. The Hall–Kier alpha value is -1.34. The van der Waals surface area contributed by atoms with Crippen molar-refractivity contribution in [3.05, 3.63) is 40.8 Å². The molecule has 96 valence electrons. The van der Waals surface area contributed by atoms with E-state index in [0.717, 1.165) is 10.0 Å². The normalized spacial score (nSPS) is 11.5. The van der Waals surface area contributed by atoms with Gasteiger partial charge in [0.1, 0.15) is 0 Å². The zero-order chi connectivity index (χ0) is 13.3. The first-order valence-corrected chi connectivity index (χ1v) is 7.43. The second-order valence-electron chi connectivity index (χ2n) is 3.95. The van der Waals surface area contributed by atoms with E-state index in [4.69, 9.17) is 0 Å². The van der Waals surface area contributed by atoms with Gasteiger partial charge in [0.05, 0.1) is 6.33 Å². The molecule has 0 unspecified atom stereocenters. The molecule has 0 saturated carbocycles. The fourth-order valence-electron chi connectivity index (χ4n) is 1.44. The summed E-state index contributed by atoms with van der Waals surface area (Å²) in [6, 6.07) is 5.24. The number of aromatic nitrogens is 2. The monoisotopic (exact) mass is 329 g/mol. The predicted octanol–water partition coefficient (Wildman–Crippen LogP) is 2.29. The lowest BCUT2D eigenvalue weighted by Gasteiger charge is -2.07. The van der Waals surface area contributed by atoms with Gasteiger partial charge in [-0.3, -0.25) is 4.72 Å². The van der Waals surface area contributed by atoms with Crippen LogP contribution < -0.4 is 4.72 Å². The van der Waals surface area contributed by atoms with Crippen molar-refractivity contribution in [1.82, 2.24) is 9.55 Å². The molecule has 0 spiro atoms. The Balaban J connectivity index is 2.30. The summed E-state index contributed by atoms with van der Waals surface area (Å²) < 4.78 is 29.0. The summed E-state index contributed by atoms with van der Waals surface area (Å²) in [5, 5.41) is 0.00516. The predicted molar refractivity (Wildman–Crippen MR) is 72.9 cm³/mol. The zero-order valence-electron chi connectivity index (χ0n) is 9.88. The number of nitrogens with one attached hydrogen (secondary N) is 1. The first-order valence-electron chi connectivity index (χ1n) is 5.15. The highest BCUT2D eigenvalue weighted by atomic mass is 79.9. The molecule has 7 heteroatoms. The molecule has 0 amide bonds. The van der Waals surface area contributed by atoms with E-state index in [1.165, 1.54) is 12.5 Å². The Kier molecular flexibility index (Phi) is 3.45. The van der Waals surface area contributed by atoms with Gasteiger partial charge >= 0.3 is 0 Å². The van der Waals surface area contributed by atoms with Crippen LogP contribution in [0.3, 0.4) is 0 Å². The molecule has 2 aromatic rings. The molecule has 0 saturated heterocycles. The van der Waals surface area contributed by atoms with E-state index in [9.17, 15) is 8.42 Å². The van der Waals surface area contributed by atoms with Crippen LogP contribution in [0.1, 0.15) is 5.56 Å². The van der Waals surface area contributed by atoms with Gasteiger partial charge in [0.15, 0.2) is 5.03 Å². The quantitative estimate of drug-likeness (QED) is 0.939. The number of imidazole rings is 1. The Morgan fingerprint density at radius 3 is 2.67 bits per heavy atom. The third kappa shape index (κ3) is 2.73. The van der Waals surface area contributed by atoms with Crippen molar-refractivity contribution in [2.24, 2.45) is 7.05 Å². The van der Waals surface area contributed by atoms with Gasteiger partial charge < -0.3 is 4.57 Å². The van der Waals surface area contributed by atoms with Crippen molar-refractivity contribution in [3.63, 3.8) is 0 Å². The topological polar surface area (TPSA) is 64.0 Å². The molecule has 0 aliphatic carbocycles. The van der Waals surface area contributed by atoms with E-state index in [1.54, 1.807) is 29.8 Å². The lowest BCUT2D eigenvalue weighted by molar-refractivity contribution is 0.598. The van der Waals surface area contributed by atoms with Crippen LogP contribution in [0.25, 0.3) is 0 Å². The van der Waals surface area contributed by atoms with Gasteiger partial charge in [0, 0.05) is 23.4 Å². The summed E-state index contributed by atoms with van der Waals surface area (Å²) in [6.07, 6.45) is 2.90. The minimum atomic E-state index is -3.62. The summed E-state index contributed by atoms with van der Waals surface area (Å²) >= 11 is 3.36. The minimum absolute atomic E-state index is 0.00516. The van der Waals surface area contributed by atoms with Gasteiger partial charge in [0.2, 0.25) is 0 Å². The number of aryl methyl sites for hydroxylation is 2. The summed E-state index contributed by atoms with van der Waals surface area (Å²) in [5.74, 6) is 0. The number of halogens is 1. The summed E-state index contributed by atoms with van der Waals surface area (Å²) in [6.45, 7) is 1.89. The minimum Gasteiger partial charge on any atom is -0.339 e. The summed E-state index contributed by atoms with van der Waals surface area (Å²) in [5.41, 5.74) is 1.47. The van der Waals surface area contributed by atoms with Gasteiger partial charge in [-0.25, -0.2) is 4.98 Å². The molecule has 0 aliphatic rings. The van der Waals surface area contributed by atoms with Crippen molar-refractivity contribution in [2.75, 3.05) is 4.72 Å². The van der Waals surface area contributed by atoms with Crippen LogP contribution in [0, 0.1) is 6.92 Å². The molecule has 0 atom stereocenters. The van der Waals surface area contributed by atoms with E-state index in [1.807, 2.05) is 6.92 Å². The lowest BCUT2D eigenvalue weighted by atomic mass is 10.2. The highest BCUT2D eigenvalue weighted by Crippen LogP contribution is 2.21. The second-order valence-corrected chi connectivity index (χ2v) is 6.43. The van der Waals surface area contributed by atoms with E-state index in [-0.39, 0.29) is 5.03 Å². The van der Waals surface area contributed by atoms with Gasteiger partial charge in [-0.15, -0.1) is 0 Å². The van der Waals surface area contributed by atoms with Crippen LogP contribution in [0.4, 0.5) is 5.69 Å². The van der Waals surface area contributed by atoms with E-state index in [2.05, 4.69) is 25.6 Å². The van der Waals surface area contributed by atoms with Crippen LogP contribution in [-0.2, 0) is 17.1 Å². The summed E-state index contributed by atoms with van der Waals surface area (Å²) in [7, 11) is -1.90. The van der Waals surface area contributed by atoms with Gasteiger partial charge in [-0.2, -0.15) is 8.42 Å². The number of hydrogen-bond donors (Lipinski definition) is 1. The lowest BCUT2D eigenvalue weighted by Crippen LogP contribution is -2.13. The maximum Gasteiger partial charge on any atom is 0.280 e. The molecule has 18 heavy (non-hydrogen) atoms.